The molecule has 0 saturated heterocycles. The molecule has 0 radical (unpaired) electrons. The van der Waals surface area contributed by atoms with Crippen molar-refractivity contribution >= 4 is 0 Å². The summed E-state index contributed by atoms with van der Waals surface area (Å²) in [5.41, 5.74) is 2.96. The molecule has 0 aromatic heterocycles. The highest BCUT2D eigenvalue weighted by molar-refractivity contribution is 5.24. The van der Waals surface area contributed by atoms with Gasteiger partial charge < -0.3 is 0 Å². The van der Waals surface area contributed by atoms with E-state index in [-0.39, 0.29) is 1.43 Å². The number of unbranched alkanes of at least 4 members (excludes halogenated alkanes) is 4. The number of hydrogen-bond acceptors (Lipinski definition) is 0. The van der Waals surface area contributed by atoms with Crippen LogP contribution in [0.1, 0.15) is 89.6 Å². The second-order valence-electron chi connectivity index (χ2n) is 6.83. The maximum Gasteiger partial charge on any atom is 0 e. The van der Waals surface area contributed by atoms with Gasteiger partial charge in [-0.25, -0.2) is 0 Å². The fourth-order valence-electron chi connectivity index (χ4n) is 3.66. The van der Waals surface area contributed by atoms with Crippen LogP contribution in [-0.4, -0.2) is 0 Å². The van der Waals surface area contributed by atoms with E-state index < -0.39 is 0 Å². The molecule has 1 aromatic carbocycles. The van der Waals surface area contributed by atoms with Gasteiger partial charge in [0, 0.05) is 1.43 Å². The van der Waals surface area contributed by atoms with Crippen molar-refractivity contribution in [3.05, 3.63) is 35.4 Å². The Bertz CT molecular complexity index is 360. The molecule has 0 N–H and O–H groups in total. The molecule has 0 spiro atoms. The van der Waals surface area contributed by atoms with Crippen molar-refractivity contribution in [3.8, 4) is 0 Å². The highest BCUT2D eigenvalue weighted by Crippen LogP contribution is 2.37. The molecule has 20 heavy (non-hydrogen) atoms. The number of benzene rings is 1. The summed E-state index contributed by atoms with van der Waals surface area (Å²) in [6.45, 7) is 4.48. The fourth-order valence-corrected chi connectivity index (χ4v) is 3.66. The van der Waals surface area contributed by atoms with Gasteiger partial charge in [-0.15, -0.1) is 0 Å². The third kappa shape index (κ3) is 4.96. The zero-order chi connectivity index (χ0) is 14.2. The third-order valence-electron chi connectivity index (χ3n) is 5.11. The normalized spacial score (nSPS) is 22.9. The molecule has 0 heterocycles. The summed E-state index contributed by atoms with van der Waals surface area (Å²) in [5.74, 6) is 1.87. The Hall–Kier alpha value is -0.780. The van der Waals surface area contributed by atoms with Crippen molar-refractivity contribution in [3.63, 3.8) is 0 Å². The SMILES string of the molecule is CCCCCCCC1CCC(c2ccc(C)cc2)CC1.[HH]. The average Bonchev–Trinajstić information content (AvgIpc) is 2.49. The minimum Gasteiger partial charge on any atom is -0.0654 e. The first-order valence-corrected chi connectivity index (χ1v) is 8.86. The molecule has 0 nitrogen and oxygen atoms in total. The molecule has 0 amide bonds. The van der Waals surface area contributed by atoms with Crippen molar-refractivity contribution in [1.29, 1.82) is 0 Å². The lowest BCUT2D eigenvalue weighted by Gasteiger charge is -2.29. The van der Waals surface area contributed by atoms with Gasteiger partial charge in [0.1, 0.15) is 0 Å². The Morgan fingerprint density at radius 3 is 2.20 bits per heavy atom. The maximum atomic E-state index is 2.35. The minimum atomic E-state index is 0. The van der Waals surface area contributed by atoms with Crippen LogP contribution in [0.3, 0.4) is 0 Å². The van der Waals surface area contributed by atoms with Gasteiger partial charge in [-0.1, -0.05) is 75.3 Å². The van der Waals surface area contributed by atoms with Gasteiger partial charge in [-0.2, -0.15) is 0 Å². The van der Waals surface area contributed by atoms with Crippen LogP contribution in [0, 0.1) is 12.8 Å². The Morgan fingerprint density at radius 2 is 1.55 bits per heavy atom. The zero-order valence-electron chi connectivity index (χ0n) is 13.5. The van der Waals surface area contributed by atoms with Gasteiger partial charge in [0.05, 0.1) is 0 Å². The van der Waals surface area contributed by atoms with E-state index in [0.29, 0.717) is 0 Å². The number of rotatable bonds is 7. The Balaban J connectivity index is 0.00000220. The topological polar surface area (TPSA) is 0 Å². The van der Waals surface area contributed by atoms with Crippen molar-refractivity contribution in [1.82, 2.24) is 0 Å². The highest BCUT2D eigenvalue weighted by atomic mass is 14.3. The lowest BCUT2D eigenvalue weighted by atomic mass is 9.77. The van der Waals surface area contributed by atoms with E-state index in [0.717, 1.165) is 11.8 Å². The number of aryl methyl sites for hydroxylation is 1. The molecular weight excluding hydrogens is 240 g/mol. The monoisotopic (exact) mass is 274 g/mol. The van der Waals surface area contributed by atoms with Gasteiger partial charge in [0.15, 0.2) is 0 Å². The molecule has 0 aliphatic heterocycles. The van der Waals surface area contributed by atoms with Crippen LogP contribution in [0.15, 0.2) is 24.3 Å². The van der Waals surface area contributed by atoms with E-state index in [9.17, 15) is 0 Å². The summed E-state index contributed by atoms with van der Waals surface area (Å²) in [5, 5.41) is 0. The van der Waals surface area contributed by atoms with E-state index in [2.05, 4.69) is 38.1 Å². The first-order chi connectivity index (χ1) is 9.79. The summed E-state index contributed by atoms with van der Waals surface area (Å²) in [4.78, 5) is 0. The molecule has 1 aliphatic carbocycles. The van der Waals surface area contributed by atoms with Gasteiger partial charge in [0.2, 0.25) is 0 Å². The Kier molecular flexibility index (Phi) is 6.63. The average molecular weight is 274 g/mol. The van der Waals surface area contributed by atoms with Gasteiger partial charge in [-0.3, -0.25) is 0 Å². The lowest BCUT2D eigenvalue weighted by Crippen LogP contribution is -2.13. The molecule has 0 heteroatoms. The molecule has 1 fully saturated rings. The van der Waals surface area contributed by atoms with E-state index in [1.807, 2.05) is 0 Å². The summed E-state index contributed by atoms with van der Waals surface area (Å²) in [6, 6.07) is 9.25. The molecule has 114 valence electrons. The van der Waals surface area contributed by atoms with Crippen LogP contribution in [-0.2, 0) is 0 Å². The molecule has 0 bridgehead atoms. The van der Waals surface area contributed by atoms with E-state index in [1.54, 1.807) is 5.56 Å². The fraction of sp³-hybridized carbons (Fsp3) is 0.700. The Labute approximate surface area is 127 Å². The number of hydrogen-bond donors (Lipinski definition) is 0. The first-order valence-electron chi connectivity index (χ1n) is 8.86. The second-order valence-corrected chi connectivity index (χ2v) is 6.83. The van der Waals surface area contributed by atoms with Gasteiger partial charge in [-0.05, 0) is 50.0 Å². The van der Waals surface area contributed by atoms with Crippen molar-refractivity contribution < 1.29 is 1.43 Å². The van der Waals surface area contributed by atoms with Crippen LogP contribution in [0.25, 0.3) is 0 Å². The largest absolute Gasteiger partial charge is 0.0654 e. The minimum absolute atomic E-state index is 0. The van der Waals surface area contributed by atoms with Crippen LogP contribution in [0.2, 0.25) is 0 Å². The summed E-state index contributed by atoms with van der Waals surface area (Å²) in [7, 11) is 0. The zero-order valence-corrected chi connectivity index (χ0v) is 13.5. The Morgan fingerprint density at radius 1 is 0.900 bits per heavy atom. The van der Waals surface area contributed by atoms with Crippen LogP contribution in [0.4, 0.5) is 0 Å². The lowest BCUT2D eigenvalue weighted by molar-refractivity contribution is 0.302. The van der Waals surface area contributed by atoms with E-state index in [1.165, 1.54) is 69.8 Å². The maximum absolute atomic E-state index is 2.35. The third-order valence-corrected chi connectivity index (χ3v) is 5.11. The predicted octanol–water partition coefficient (Wildman–Crippen LogP) is 6.88. The molecule has 1 aliphatic rings. The predicted molar refractivity (Wildman–Crippen MR) is 91.4 cm³/mol. The van der Waals surface area contributed by atoms with Gasteiger partial charge in [0.25, 0.3) is 0 Å². The van der Waals surface area contributed by atoms with Crippen LogP contribution < -0.4 is 0 Å². The van der Waals surface area contributed by atoms with Crippen molar-refractivity contribution in [2.45, 2.75) is 84.0 Å². The van der Waals surface area contributed by atoms with Crippen LogP contribution in [0.5, 0.6) is 0 Å². The molecular formula is C20H34. The standard InChI is InChI=1S/C20H32.H2/c1-3-4-5-6-7-8-18-11-15-20(16-12-18)19-13-9-17(2)10-14-19;/h9-10,13-14,18,20H,3-8,11-12,15-16H2,1-2H3;1H. The highest BCUT2D eigenvalue weighted by Gasteiger charge is 2.21. The van der Waals surface area contributed by atoms with E-state index >= 15 is 0 Å². The van der Waals surface area contributed by atoms with Crippen molar-refractivity contribution in [2.24, 2.45) is 5.92 Å². The smallest absolute Gasteiger partial charge is 0 e. The molecule has 0 unspecified atom stereocenters. The molecule has 1 saturated carbocycles. The molecule has 1 aromatic rings. The molecule has 2 rings (SSSR count). The van der Waals surface area contributed by atoms with Gasteiger partial charge >= 0.3 is 0 Å². The second kappa shape index (κ2) is 8.49. The molecule has 0 atom stereocenters. The first kappa shape index (κ1) is 15.6. The summed E-state index contributed by atoms with van der Waals surface area (Å²) >= 11 is 0. The quantitative estimate of drug-likeness (QED) is 0.476. The van der Waals surface area contributed by atoms with Crippen molar-refractivity contribution in [2.75, 3.05) is 0 Å². The summed E-state index contributed by atoms with van der Waals surface area (Å²) < 4.78 is 0. The van der Waals surface area contributed by atoms with Crippen LogP contribution >= 0.6 is 0 Å². The summed E-state index contributed by atoms with van der Waals surface area (Å²) in [6.07, 6.45) is 14.4. The van der Waals surface area contributed by atoms with E-state index in [4.69, 9.17) is 0 Å².